The second-order valence-electron chi connectivity index (χ2n) is 10.3. The van der Waals surface area contributed by atoms with E-state index in [4.69, 9.17) is 16.3 Å². The molecule has 1 fully saturated rings. The zero-order valence-corrected chi connectivity index (χ0v) is 22.2. The van der Waals surface area contributed by atoms with Crippen LogP contribution in [-0.2, 0) is 17.6 Å². The van der Waals surface area contributed by atoms with Gasteiger partial charge in [-0.25, -0.2) is 0 Å². The first kappa shape index (κ1) is 26.0. The predicted octanol–water partition coefficient (Wildman–Crippen LogP) is 6.29. The summed E-state index contributed by atoms with van der Waals surface area (Å²) < 4.78 is 5.95. The van der Waals surface area contributed by atoms with Crippen LogP contribution >= 0.6 is 11.6 Å². The normalized spacial score (nSPS) is 15.1. The molecule has 0 bridgehead atoms. The first-order chi connectivity index (χ1) is 17.1. The predicted molar refractivity (Wildman–Crippen MR) is 144 cm³/mol. The summed E-state index contributed by atoms with van der Waals surface area (Å²) in [4.78, 5) is 23.2. The molecule has 0 aliphatic carbocycles. The van der Waals surface area contributed by atoms with Crippen LogP contribution < -0.4 is 9.64 Å². The smallest absolute Gasteiger partial charge is 0.307 e. The van der Waals surface area contributed by atoms with E-state index >= 15 is 0 Å². The molecule has 1 aliphatic rings. The molecular formula is C29H34ClN3O3. The number of hydrogen-bond acceptors (Lipinski definition) is 5. The van der Waals surface area contributed by atoms with Gasteiger partial charge in [0, 0.05) is 47.6 Å². The molecule has 7 heteroatoms. The fourth-order valence-corrected chi connectivity index (χ4v) is 5.08. The van der Waals surface area contributed by atoms with Crippen LogP contribution in [0.3, 0.4) is 0 Å². The minimum Gasteiger partial charge on any atom is -0.492 e. The molecule has 190 valence electrons. The first-order valence-electron chi connectivity index (χ1n) is 12.4. The summed E-state index contributed by atoms with van der Waals surface area (Å²) in [5, 5.41) is 10.4. The van der Waals surface area contributed by atoms with Gasteiger partial charge < -0.3 is 14.7 Å². The highest BCUT2D eigenvalue weighted by atomic mass is 35.5. The Kier molecular flexibility index (Phi) is 7.84. The quantitative estimate of drug-likeness (QED) is 0.386. The van der Waals surface area contributed by atoms with Crippen LogP contribution in [0, 0.1) is 19.3 Å². The molecule has 0 saturated carbocycles. The second kappa shape index (κ2) is 10.9. The van der Waals surface area contributed by atoms with Crippen LogP contribution in [-0.4, -0.2) is 40.7 Å². The summed E-state index contributed by atoms with van der Waals surface area (Å²) in [6, 6.07) is 9.72. The van der Waals surface area contributed by atoms with Gasteiger partial charge in [-0.2, -0.15) is 0 Å². The summed E-state index contributed by atoms with van der Waals surface area (Å²) >= 11 is 6.34. The van der Waals surface area contributed by atoms with Gasteiger partial charge in [0.15, 0.2) is 0 Å². The van der Waals surface area contributed by atoms with Gasteiger partial charge in [-0.1, -0.05) is 37.6 Å². The van der Waals surface area contributed by atoms with Crippen LogP contribution in [0.25, 0.3) is 11.3 Å². The SMILES string of the molecule is Cc1cccc(Cl)c1CCOc1ccc(-c2cnc(C)c(CC(=O)O)c2N2CCC(C)(C)CC2)nc1. The number of carboxylic acid groups (broad SMARTS) is 1. The Morgan fingerprint density at radius 3 is 2.47 bits per heavy atom. The molecule has 0 spiro atoms. The Bertz CT molecular complexity index is 1210. The number of benzene rings is 1. The van der Waals surface area contributed by atoms with Gasteiger partial charge >= 0.3 is 5.97 Å². The van der Waals surface area contributed by atoms with E-state index in [9.17, 15) is 9.90 Å². The highest BCUT2D eigenvalue weighted by molar-refractivity contribution is 6.31. The lowest BCUT2D eigenvalue weighted by Crippen LogP contribution is -2.38. The number of aliphatic carboxylic acids is 1. The third-order valence-corrected chi connectivity index (χ3v) is 7.47. The Morgan fingerprint density at radius 2 is 1.83 bits per heavy atom. The lowest BCUT2D eigenvalue weighted by Gasteiger charge is -2.40. The van der Waals surface area contributed by atoms with E-state index < -0.39 is 5.97 Å². The zero-order chi connectivity index (χ0) is 25.9. The topological polar surface area (TPSA) is 75.6 Å². The minimum atomic E-state index is -0.860. The molecule has 3 heterocycles. The standard InChI is InChI=1S/C29H34ClN3O3/c1-19-6-5-7-25(30)22(19)10-15-36-21-8-9-26(32-17-21)24-18-31-20(2)23(16-27(34)35)28(24)33-13-11-29(3,4)12-14-33/h5-9,17-18H,10-16H2,1-4H3,(H,34,35). The van der Waals surface area contributed by atoms with E-state index in [0.29, 0.717) is 18.8 Å². The molecule has 1 saturated heterocycles. The van der Waals surface area contributed by atoms with E-state index in [1.54, 1.807) is 6.20 Å². The molecule has 2 aromatic heterocycles. The van der Waals surface area contributed by atoms with Crippen molar-refractivity contribution >= 4 is 23.3 Å². The van der Waals surface area contributed by atoms with Crippen LogP contribution in [0.15, 0.2) is 42.7 Å². The van der Waals surface area contributed by atoms with E-state index in [0.717, 1.165) is 70.3 Å². The highest BCUT2D eigenvalue weighted by Gasteiger charge is 2.29. The van der Waals surface area contributed by atoms with Gasteiger partial charge in [-0.05, 0) is 61.4 Å². The number of piperidine rings is 1. The molecule has 6 nitrogen and oxygen atoms in total. The summed E-state index contributed by atoms with van der Waals surface area (Å²) in [5.74, 6) is -0.184. The number of hydrogen-bond donors (Lipinski definition) is 1. The number of aryl methyl sites for hydroxylation is 2. The van der Waals surface area contributed by atoms with Crippen molar-refractivity contribution in [2.45, 2.75) is 53.4 Å². The second-order valence-corrected chi connectivity index (χ2v) is 10.7. The fourth-order valence-electron chi connectivity index (χ4n) is 4.76. The van der Waals surface area contributed by atoms with Crippen LogP contribution in [0.2, 0.25) is 5.02 Å². The van der Waals surface area contributed by atoms with Crippen molar-refractivity contribution in [3.63, 3.8) is 0 Å². The minimum absolute atomic E-state index is 0.0649. The Morgan fingerprint density at radius 1 is 1.08 bits per heavy atom. The number of rotatable bonds is 8. The number of carboxylic acids is 1. The molecule has 36 heavy (non-hydrogen) atoms. The van der Waals surface area contributed by atoms with Crippen molar-refractivity contribution < 1.29 is 14.6 Å². The van der Waals surface area contributed by atoms with Gasteiger partial charge in [0.2, 0.25) is 0 Å². The maximum atomic E-state index is 11.7. The molecule has 4 rings (SSSR count). The van der Waals surface area contributed by atoms with Crippen molar-refractivity contribution in [2.24, 2.45) is 5.41 Å². The number of nitrogens with zero attached hydrogens (tertiary/aromatic N) is 3. The largest absolute Gasteiger partial charge is 0.492 e. The maximum absolute atomic E-state index is 11.7. The van der Waals surface area contributed by atoms with E-state index in [1.807, 2.05) is 50.4 Å². The number of anilines is 1. The fraction of sp³-hybridized carbons (Fsp3) is 0.414. The van der Waals surface area contributed by atoms with Crippen molar-refractivity contribution in [3.05, 3.63) is 70.1 Å². The molecule has 1 N–H and O–H groups in total. The molecule has 0 unspecified atom stereocenters. The summed E-state index contributed by atoms with van der Waals surface area (Å²) in [5.41, 5.74) is 6.58. The van der Waals surface area contributed by atoms with Crippen molar-refractivity contribution in [1.82, 2.24) is 9.97 Å². The van der Waals surface area contributed by atoms with E-state index in [-0.39, 0.29) is 11.8 Å². The zero-order valence-electron chi connectivity index (χ0n) is 21.5. The van der Waals surface area contributed by atoms with Gasteiger partial charge in [0.1, 0.15) is 5.75 Å². The number of ether oxygens (including phenoxy) is 1. The lowest BCUT2D eigenvalue weighted by molar-refractivity contribution is -0.136. The van der Waals surface area contributed by atoms with Crippen LogP contribution in [0.1, 0.15) is 49.1 Å². The first-order valence-corrected chi connectivity index (χ1v) is 12.8. The highest BCUT2D eigenvalue weighted by Crippen LogP contribution is 2.39. The number of aromatic nitrogens is 2. The summed E-state index contributed by atoms with van der Waals surface area (Å²) in [6.45, 7) is 10.7. The van der Waals surface area contributed by atoms with Crippen LogP contribution in [0.4, 0.5) is 5.69 Å². The van der Waals surface area contributed by atoms with E-state index in [1.165, 1.54) is 0 Å². The molecular weight excluding hydrogens is 474 g/mol. The average molecular weight is 508 g/mol. The number of carbonyl (C=O) groups is 1. The molecule has 1 aliphatic heterocycles. The maximum Gasteiger partial charge on any atom is 0.307 e. The van der Waals surface area contributed by atoms with Crippen LogP contribution in [0.5, 0.6) is 5.75 Å². The number of pyridine rings is 2. The van der Waals surface area contributed by atoms with Crippen molar-refractivity contribution in [2.75, 3.05) is 24.6 Å². The van der Waals surface area contributed by atoms with Gasteiger partial charge in [0.25, 0.3) is 0 Å². The molecule has 1 aromatic carbocycles. The van der Waals surface area contributed by atoms with E-state index in [2.05, 4.69) is 28.7 Å². The Hall–Kier alpha value is -3.12. The van der Waals surface area contributed by atoms with Crippen molar-refractivity contribution in [3.8, 4) is 17.0 Å². The van der Waals surface area contributed by atoms with Gasteiger partial charge in [0.05, 0.1) is 30.6 Å². The lowest BCUT2D eigenvalue weighted by atomic mass is 9.82. The monoisotopic (exact) mass is 507 g/mol. The third kappa shape index (κ3) is 5.98. The summed E-state index contributed by atoms with van der Waals surface area (Å²) in [7, 11) is 0. The Balaban J connectivity index is 1.57. The third-order valence-electron chi connectivity index (χ3n) is 7.11. The van der Waals surface area contributed by atoms with Gasteiger partial charge in [-0.15, -0.1) is 0 Å². The molecule has 0 radical (unpaired) electrons. The van der Waals surface area contributed by atoms with Crippen molar-refractivity contribution in [1.29, 1.82) is 0 Å². The molecule has 3 aromatic rings. The molecule has 0 atom stereocenters. The average Bonchev–Trinajstić information content (AvgIpc) is 2.83. The Labute approximate surface area is 218 Å². The number of halogens is 1. The summed E-state index contributed by atoms with van der Waals surface area (Å²) in [6.07, 6.45) is 6.28. The molecule has 0 amide bonds. The van der Waals surface area contributed by atoms with Gasteiger partial charge in [-0.3, -0.25) is 14.8 Å².